The number of benzene rings is 2. The minimum Gasteiger partial charge on any atom is -0.478 e. The van der Waals surface area contributed by atoms with Crippen LogP contribution in [0.3, 0.4) is 0 Å². The molecule has 0 saturated heterocycles. The van der Waals surface area contributed by atoms with Crippen LogP contribution in [0.5, 0.6) is 0 Å². The summed E-state index contributed by atoms with van der Waals surface area (Å²) in [5.74, 6) is -0.878. The molecule has 0 aliphatic carbocycles. The van der Waals surface area contributed by atoms with Crippen LogP contribution in [0, 0.1) is 6.92 Å². The zero-order chi connectivity index (χ0) is 13.1. The van der Waals surface area contributed by atoms with Gasteiger partial charge < -0.3 is 5.11 Å². The summed E-state index contributed by atoms with van der Waals surface area (Å²) in [6.07, 6.45) is 2.02. The highest BCUT2D eigenvalue weighted by Gasteiger charge is 2.13. The third kappa shape index (κ3) is 2.41. The van der Waals surface area contributed by atoms with Gasteiger partial charge >= 0.3 is 5.97 Å². The molecule has 0 bridgehead atoms. The first-order valence-corrected chi connectivity index (χ1v) is 6.83. The molecule has 0 atom stereocenters. The van der Waals surface area contributed by atoms with Gasteiger partial charge in [0.1, 0.15) is 0 Å². The number of aromatic carboxylic acids is 1. The van der Waals surface area contributed by atoms with Gasteiger partial charge in [-0.1, -0.05) is 30.3 Å². The summed E-state index contributed by atoms with van der Waals surface area (Å²) in [5.41, 5.74) is 2.88. The lowest BCUT2D eigenvalue weighted by molar-refractivity contribution is 0.0697. The first-order chi connectivity index (χ1) is 8.63. The molecule has 2 aromatic carbocycles. The molecule has 1 N–H and O–H groups in total. The summed E-state index contributed by atoms with van der Waals surface area (Å²) < 4.78 is 0. The van der Waals surface area contributed by atoms with Crippen LogP contribution in [0.2, 0.25) is 0 Å². The Kier molecular flexibility index (Phi) is 3.72. The Morgan fingerprint density at radius 1 is 1.11 bits per heavy atom. The van der Waals surface area contributed by atoms with Gasteiger partial charge in [-0.2, -0.15) is 0 Å². The number of aryl methyl sites for hydroxylation is 1. The van der Waals surface area contributed by atoms with Crippen molar-refractivity contribution in [1.82, 2.24) is 0 Å². The van der Waals surface area contributed by atoms with Crippen molar-refractivity contribution in [3.05, 3.63) is 53.6 Å². The topological polar surface area (TPSA) is 37.3 Å². The van der Waals surface area contributed by atoms with Crippen molar-refractivity contribution in [1.29, 1.82) is 0 Å². The fourth-order valence-corrected chi connectivity index (χ4v) is 2.37. The zero-order valence-electron chi connectivity index (χ0n) is 10.3. The van der Waals surface area contributed by atoms with E-state index in [2.05, 4.69) is 0 Å². The van der Waals surface area contributed by atoms with E-state index in [4.69, 9.17) is 0 Å². The number of carboxylic acid groups (broad SMARTS) is 1. The van der Waals surface area contributed by atoms with Crippen LogP contribution in [-0.2, 0) is 0 Å². The Bertz CT molecular complexity index is 574. The molecule has 2 aromatic rings. The molecule has 3 heteroatoms. The van der Waals surface area contributed by atoms with E-state index in [1.54, 1.807) is 11.8 Å². The van der Waals surface area contributed by atoms with Gasteiger partial charge in [-0.3, -0.25) is 0 Å². The van der Waals surface area contributed by atoms with Crippen molar-refractivity contribution >= 4 is 17.7 Å². The third-order valence-electron chi connectivity index (χ3n) is 2.89. The van der Waals surface area contributed by atoms with Crippen molar-refractivity contribution < 1.29 is 9.90 Å². The molecule has 0 aliphatic rings. The van der Waals surface area contributed by atoms with Crippen LogP contribution < -0.4 is 0 Å². The summed E-state index contributed by atoms with van der Waals surface area (Å²) in [4.78, 5) is 12.5. The Morgan fingerprint density at radius 3 is 2.33 bits per heavy atom. The fourth-order valence-electron chi connectivity index (χ4n) is 1.96. The lowest BCUT2D eigenvalue weighted by Crippen LogP contribution is -2.02. The van der Waals surface area contributed by atoms with E-state index in [0.717, 1.165) is 16.7 Å². The van der Waals surface area contributed by atoms with Crippen molar-refractivity contribution in [2.24, 2.45) is 0 Å². The lowest BCUT2D eigenvalue weighted by atomic mass is 9.96. The second kappa shape index (κ2) is 5.27. The number of carboxylic acids is 1. The van der Waals surface area contributed by atoms with Crippen LogP contribution in [-0.4, -0.2) is 17.3 Å². The number of hydrogen-bond donors (Lipinski definition) is 1. The second-order valence-corrected chi connectivity index (χ2v) is 4.91. The molecule has 0 aromatic heterocycles. The van der Waals surface area contributed by atoms with Gasteiger partial charge in [0.05, 0.1) is 5.56 Å². The van der Waals surface area contributed by atoms with Crippen LogP contribution in [0.25, 0.3) is 11.1 Å². The number of carbonyl (C=O) groups is 1. The Hall–Kier alpha value is -1.74. The molecule has 0 aliphatic heterocycles. The largest absolute Gasteiger partial charge is 0.478 e. The minimum atomic E-state index is -0.878. The van der Waals surface area contributed by atoms with Crippen LogP contribution in [0.15, 0.2) is 47.4 Å². The molecule has 0 amide bonds. The molecule has 2 nitrogen and oxygen atoms in total. The summed E-state index contributed by atoms with van der Waals surface area (Å²) in [6.45, 7) is 1.82. The van der Waals surface area contributed by atoms with Gasteiger partial charge in [-0.15, -0.1) is 11.8 Å². The Morgan fingerprint density at radius 2 is 1.78 bits per heavy atom. The first kappa shape index (κ1) is 12.7. The molecule has 18 heavy (non-hydrogen) atoms. The monoisotopic (exact) mass is 258 g/mol. The molecule has 0 fully saturated rings. The minimum absolute atomic E-state index is 0.384. The van der Waals surface area contributed by atoms with Crippen molar-refractivity contribution in [3.63, 3.8) is 0 Å². The summed E-state index contributed by atoms with van der Waals surface area (Å²) >= 11 is 1.67. The quantitative estimate of drug-likeness (QED) is 0.843. The highest BCUT2D eigenvalue weighted by atomic mass is 32.2. The maximum absolute atomic E-state index is 11.3. The van der Waals surface area contributed by atoms with E-state index in [-0.39, 0.29) is 0 Å². The normalized spacial score (nSPS) is 10.3. The summed E-state index contributed by atoms with van der Waals surface area (Å²) in [5, 5.41) is 9.30. The SMILES string of the molecule is CSc1ccc(-c2cccc(C)c2C(=O)O)cc1. The van der Waals surface area contributed by atoms with E-state index < -0.39 is 5.97 Å². The van der Waals surface area contributed by atoms with Crippen molar-refractivity contribution in [2.75, 3.05) is 6.26 Å². The molecule has 0 saturated carbocycles. The maximum Gasteiger partial charge on any atom is 0.336 e. The highest BCUT2D eigenvalue weighted by Crippen LogP contribution is 2.27. The molecule has 0 heterocycles. The molecule has 92 valence electrons. The molecule has 0 spiro atoms. The molecule has 2 rings (SSSR count). The van der Waals surface area contributed by atoms with E-state index in [1.165, 1.54) is 4.90 Å². The molecule has 0 radical (unpaired) electrons. The van der Waals surface area contributed by atoms with Crippen LogP contribution in [0.4, 0.5) is 0 Å². The summed E-state index contributed by atoms with van der Waals surface area (Å²) in [6, 6.07) is 13.5. The maximum atomic E-state index is 11.3. The van der Waals surface area contributed by atoms with E-state index in [0.29, 0.717) is 5.56 Å². The smallest absolute Gasteiger partial charge is 0.336 e. The number of thioether (sulfide) groups is 1. The fraction of sp³-hybridized carbons (Fsp3) is 0.133. The Labute approximate surface area is 111 Å². The van der Waals surface area contributed by atoms with Gasteiger partial charge in [-0.05, 0) is 42.0 Å². The third-order valence-corrected chi connectivity index (χ3v) is 3.63. The second-order valence-electron chi connectivity index (χ2n) is 4.03. The van der Waals surface area contributed by atoms with E-state index in [1.807, 2.05) is 55.6 Å². The predicted molar refractivity (Wildman–Crippen MR) is 75.4 cm³/mol. The summed E-state index contributed by atoms with van der Waals surface area (Å²) in [7, 11) is 0. The van der Waals surface area contributed by atoms with Gasteiger partial charge in [0.15, 0.2) is 0 Å². The van der Waals surface area contributed by atoms with Gasteiger partial charge in [0.25, 0.3) is 0 Å². The molecule has 0 unspecified atom stereocenters. The lowest BCUT2D eigenvalue weighted by Gasteiger charge is -2.09. The van der Waals surface area contributed by atoms with Gasteiger partial charge in [-0.25, -0.2) is 4.79 Å². The van der Waals surface area contributed by atoms with Gasteiger partial charge in [0.2, 0.25) is 0 Å². The predicted octanol–water partition coefficient (Wildman–Crippen LogP) is 4.08. The number of hydrogen-bond acceptors (Lipinski definition) is 2. The standard InChI is InChI=1S/C15H14O2S/c1-10-4-3-5-13(14(10)15(16)17)11-6-8-12(18-2)9-7-11/h3-9H,1-2H3,(H,16,17). The van der Waals surface area contributed by atoms with Crippen LogP contribution in [0.1, 0.15) is 15.9 Å². The average Bonchev–Trinajstić information content (AvgIpc) is 2.38. The van der Waals surface area contributed by atoms with E-state index in [9.17, 15) is 9.90 Å². The first-order valence-electron chi connectivity index (χ1n) is 5.61. The van der Waals surface area contributed by atoms with Crippen molar-refractivity contribution in [3.8, 4) is 11.1 Å². The number of rotatable bonds is 3. The van der Waals surface area contributed by atoms with Crippen LogP contribution >= 0.6 is 11.8 Å². The highest BCUT2D eigenvalue weighted by molar-refractivity contribution is 7.98. The average molecular weight is 258 g/mol. The molecular formula is C15H14O2S. The van der Waals surface area contributed by atoms with Gasteiger partial charge in [0, 0.05) is 4.90 Å². The van der Waals surface area contributed by atoms with Crippen molar-refractivity contribution in [2.45, 2.75) is 11.8 Å². The zero-order valence-corrected chi connectivity index (χ0v) is 11.1. The molecular weight excluding hydrogens is 244 g/mol. The van der Waals surface area contributed by atoms with E-state index >= 15 is 0 Å². The Balaban J connectivity index is 2.56.